The Hall–Kier alpha value is -3.73. The molecule has 40 heavy (non-hydrogen) atoms. The molecule has 6 rings (SSSR count). The summed E-state index contributed by atoms with van der Waals surface area (Å²) in [4.78, 5) is 26.4. The van der Waals surface area contributed by atoms with Gasteiger partial charge in [0.15, 0.2) is 5.65 Å². The quantitative estimate of drug-likeness (QED) is 0.287. The zero-order chi connectivity index (χ0) is 27.8. The lowest BCUT2D eigenvalue weighted by atomic mass is 10.0. The molecular formula is C29H29ClFN5O4. The first-order valence-corrected chi connectivity index (χ1v) is 13.6. The van der Waals surface area contributed by atoms with Crippen LogP contribution in [0.4, 0.5) is 4.39 Å². The van der Waals surface area contributed by atoms with Crippen LogP contribution in [0.1, 0.15) is 46.0 Å². The lowest BCUT2D eigenvalue weighted by Crippen LogP contribution is -2.33. The van der Waals surface area contributed by atoms with E-state index in [0.717, 1.165) is 55.1 Å². The predicted octanol–water partition coefficient (Wildman–Crippen LogP) is 5.22. The molecule has 0 amide bonds. The first kappa shape index (κ1) is 26.5. The molecule has 11 heteroatoms. The number of nitrogens with one attached hydrogen (secondary N) is 1. The van der Waals surface area contributed by atoms with Gasteiger partial charge >= 0.3 is 5.97 Å². The number of rotatable bonds is 9. The number of benzene rings is 1. The van der Waals surface area contributed by atoms with Crippen LogP contribution in [0.2, 0.25) is 5.02 Å². The van der Waals surface area contributed by atoms with E-state index >= 15 is 0 Å². The highest BCUT2D eigenvalue weighted by molar-refractivity contribution is 6.30. The normalized spacial score (nSPS) is 17.6. The largest absolute Gasteiger partial charge is 0.477 e. The minimum atomic E-state index is -0.989. The number of imidazole rings is 1. The molecule has 0 radical (unpaired) electrons. The van der Waals surface area contributed by atoms with Crippen molar-refractivity contribution >= 4 is 34.3 Å². The van der Waals surface area contributed by atoms with Gasteiger partial charge < -0.3 is 24.1 Å². The molecule has 2 aliphatic heterocycles. The number of aryl methyl sites for hydroxylation is 1. The molecule has 0 saturated carbocycles. The van der Waals surface area contributed by atoms with Gasteiger partial charge in [0.2, 0.25) is 5.88 Å². The summed E-state index contributed by atoms with van der Waals surface area (Å²) in [6, 6.07) is 10.1. The van der Waals surface area contributed by atoms with Crippen molar-refractivity contribution in [2.75, 3.05) is 19.7 Å². The molecule has 9 nitrogen and oxygen atoms in total. The van der Waals surface area contributed by atoms with E-state index in [1.807, 2.05) is 19.1 Å². The molecule has 3 aromatic heterocycles. The van der Waals surface area contributed by atoms with Gasteiger partial charge in [0.05, 0.1) is 30.4 Å². The van der Waals surface area contributed by atoms with E-state index in [-0.39, 0.29) is 18.4 Å². The Morgan fingerprint density at radius 3 is 2.85 bits per heavy atom. The van der Waals surface area contributed by atoms with Gasteiger partial charge in [-0.1, -0.05) is 29.8 Å². The molecule has 0 spiro atoms. The second kappa shape index (κ2) is 11.0. The fourth-order valence-corrected chi connectivity index (χ4v) is 5.37. The van der Waals surface area contributed by atoms with Crippen molar-refractivity contribution in [3.05, 3.63) is 81.7 Å². The van der Waals surface area contributed by atoms with Crippen LogP contribution in [0.5, 0.6) is 5.88 Å². The van der Waals surface area contributed by atoms with Gasteiger partial charge in [0.1, 0.15) is 23.9 Å². The maximum absolute atomic E-state index is 14.1. The van der Waals surface area contributed by atoms with Crippen LogP contribution in [0.25, 0.3) is 16.7 Å². The number of H-pyrrole nitrogens is 1. The van der Waals surface area contributed by atoms with Crippen molar-refractivity contribution in [2.45, 2.75) is 45.6 Å². The number of fused-ring (bicyclic) bond motifs is 1. The Morgan fingerprint density at radius 1 is 1.30 bits per heavy atom. The van der Waals surface area contributed by atoms with E-state index in [9.17, 15) is 14.3 Å². The van der Waals surface area contributed by atoms with Crippen molar-refractivity contribution in [1.82, 2.24) is 24.4 Å². The van der Waals surface area contributed by atoms with Gasteiger partial charge in [-0.2, -0.15) is 0 Å². The number of hydrogen-bond donors (Lipinski definition) is 2. The highest BCUT2D eigenvalue weighted by Gasteiger charge is 2.27. The van der Waals surface area contributed by atoms with Gasteiger partial charge in [-0.15, -0.1) is 0 Å². The number of ether oxygens (including phenoxy) is 2. The molecule has 0 aliphatic carbocycles. The second-order valence-electron chi connectivity index (χ2n) is 10.1. The van der Waals surface area contributed by atoms with Crippen molar-refractivity contribution in [3.8, 4) is 5.88 Å². The molecule has 2 N–H and O–H groups in total. The van der Waals surface area contributed by atoms with E-state index in [0.29, 0.717) is 40.8 Å². The van der Waals surface area contributed by atoms with E-state index in [2.05, 4.69) is 25.5 Å². The zero-order valence-electron chi connectivity index (χ0n) is 22.0. The third-order valence-corrected chi connectivity index (χ3v) is 7.75. The Labute approximate surface area is 235 Å². The number of carboxylic acids is 1. The molecule has 0 unspecified atom stereocenters. The Bertz CT molecular complexity index is 1610. The number of carboxylic acid groups (broad SMARTS) is 1. The zero-order valence-corrected chi connectivity index (χ0v) is 22.7. The third kappa shape index (κ3) is 5.34. The molecule has 1 aromatic carbocycles. The molecular weight excluding hydrogens is 537 g/mol. The van der Waals surface area contributed by atoms with Crippen LogP contribution in [0, 0.1) is 12.7 Å². The number of carbonyl (C=O) groups is 1. The Morgan fingerprint density at radius 2 is 2.15 bits per heavy atom. The van der Waals surface area contributed by atoms with E-state index in [1.165, 1.54) is 6.07 Å². The molecule has 4 aromatic rings. The van der Waals surface area contributed by atoms with Crippen molar-refractivity contribution in [2.24, 2.45) is 0 Å². The lowest BCUT2D eigenvalue weighted by Gasteiger charge is -2.29. The summed E-state index contributed by atoms with van der Waals surface area (Å²) in [5, 5.41) is 9.89. The van der Waals surface area contributed by atoms with Crippen molar-refractivity contribution in [3.63, 3.8) is 0 Å². The molecule has 1 fully saturated rings. The van der Waals surface area contributed by atoms with Crippen LogP contribution in [-0.2, 0) is 24.4 Å². The first-order chi connectivity index (χ1) is 19.4. The highest BCUT2D eigenvalue weighted by Crippen LogP contribution is 2.28. The summed E-state index contributed by atoms with van der Waals surface area (Å²) in [7, 11) is 0. The highest BCUT2D eigenvalue weighted by atomic mass is 35.5. The molecule has 208 valence electrons. The Balaban J connectivity index is 1.15. The van der Waals surface area contributed by atoms with E-state index in [4.69, 9.17) is 26.1 Å². The predicted molar refractivity (Wildman–Crippen MR) is 148 cm³/mol. The monoisotopic (exact) mass is 565 g/mol. The fraction of sp³-hybridized carbons (Fsp3) is 0.345. The average molecular weight is 566 g/mol. The third-order valence-electron chi connectivity index (χ3n) is 7.52. The molecule has 2 aliphatic rings. The van der Waals surface area contributed by atoms with Crippen LogP contribution in [0.3, 0.4) is 0 Å². The van der Waals surface area contributed by atoms with Crippen molar-refractivity contribution < 1.29 is 23.8 Å². The van der Waals surface area contributed by atoms with Crippen LogP contribution >= 0.6 is 11.6 Å². The number of nitrogens with zero attached hydrogens (tertiary/aromatic N) is 4. The molecule has 5 heterocycles. The summed E-state index contributed by atoms with van der Waals surface area (Å²) in [5.74, 6) is -0.0790. The molecule has 1 atom stereocenters. The minimum absolute atomic E-state index is 0.0618. The molecule has 1 saturated heterocycles. The van der Waals surface area contributed by atoms with Gasteiger partial charge in [0, 0.05) is 41.9 Å². The van der Waals surface area contributed by atoms with E-state index in [1.54, 1.807) is 18.2 Å². The standard InChI is InChI=1S/C29H29ClFN5O4/c1-17-26(29(37)38)34-28-27(17)36(14-21-9-12-39-21)24(33-28)15-35-10-7-18(8-11-35)23-3-2-4-25(32-23)40-16-19-5-6-20(30)13-22(19)31/h2-7,13,21,34H,8-12,14-16H2,1H3,(H,37,38)/t21-/m0/s1. The van der Waals surface area contributed by atoms with E-state index < -0.39 is 11.8 Å². The summed E-state index contributed by atoms with van der Waals surface area (Å²) in [6.07, 6.45) is 4.06. The maximum Gasteiger partial charge on any atom is 0.352 e. The van der Waals surface area contributed by atoms with Crippen LogP contribution in [0.15, 0.2) is 42.5 Å². The van der Waals surface area contributed by atoms with Crippen LogP contribution in [-0.4, -0.2) is 61.3 Å². The van der Waals surface area contributed by atoms with Crippen molar-refractivity contribution in [1.29, 1.82) is 0 Å². The number of hydrogen-bond acceptors (Lipinski definition) is 6. The van der Waals surface area contributed by atoms with Gasteiger partial charge in [-0.3, -0.25) is 4.90 Å². The number of aromatic amines is 1. The maximum atomic E-state index is 14.1. The minimum Gasteiger partial charge on any atom is -0.477 e. The number of aromatic nitrogens is 4. The van der Waals surface area contributed by atoms with Gasteiger partial charge in [-0.05, 0) is 43.5 Å². The number of halogens is 2. The number of pyridine rings is 1. The summed E-state index contributed by atoms with van der Waals surface area (Å²) in [6.45, 7) is 5.44. The first-order valence-electron chi connectivity index (χ1n) is 13.2. The summed E-state index contributed by atoms with van der Waals surface area (Å²) < 4.78 is 27.7. The number of aromatic carboxylic acids is 1. The van der Waals surface area contributed by atoms with Crippen LogP contribution < -0.4 is 4.74 Å². The second-order valence-corrected chi connectivity index (χ2v) is 10.6. The fourth-order valence-electron chi connectivity index (χ4n) is 5.21. The lowest BCUT2D eigenvalue weighted by molar-refractivity contribution is -0.0592. The van der Waals surface area contributed by atoms with Gasteiger partial charge in [-0.25, -0.2) is 19.2 Å². The molecule has 0 bridgehead atoms. The topological polar surface area (TPSA) is 105 Å². The Kier molecular flexibility index (Phi) is 7.31. The summed E-state index contributed by atoms with van der Waals surface area (Å²) in [5.41, 5.74) is 4.66. The smallest absolute Gasteiger partial charge is 0.352 e. The van der Waals surface area contributed by atoms with Gasteiger partial charge in [0.25, 0.3) is 0 Å². The average Bonchev–Trinajstić information content (AvgIpc) is 3.42. The SMILES string of the molecule is Cc1c(C(=O)O)[nH]c2nc(CN3CC=C(c4cccc(OCc5ccc(Cl)cc5F)n4)CC3)n(C[C@@H]3CCO3)c12. The summed E-state index contributed by atoms with van der Waals surface area (Å²) >= 11 is 5.83.